The van der Waals surface area contributed by atoms with Gasteiger partial charge in [0.05, 0.1) is 0 Å². The fourth-order valence-corrected chi connectivity index (χ4v) is 11.9. The molecule has 4 heterocycles. The molecule has 2 saturated carbocycles. The molecule has 4 saturated heterocycles. The molecule has 8 rings (SSSR count). The molecule has 0 spiro atoms. The monoisotopic (exact) mass is 960 g/mol. The molecule has 2 aromatic carbocycles. The average Bonchev–Trinajstić information content (AvgIpc) is 4.11. The molecule has 2 amide bonds. The van der Waals surface area contributed by atoms with Crippen LogP contribution < -0.4 is 0 Å². The van der Waals surface area contributed by atoms with E-state index in [-0.39, 0.29) is 35.5 Å². The highest BCUT2D eigenvalue weighted by atomic mass is 35.5. The molecular weight excluding hydrogens is 894 g/mol. The highest BCUT2D eigenvalue weighted by Gasteiger charge is 2.35. The fourth-order valence-electron chi connectivity index (χ4n) is 10.9. The van der Waals surface area contributed by atoms with Gasteiger partial charge in [-0.3, -0.25) is 29.0 Å². The minimum absolute atomic E-state index is 0.184. The second-order valence-electron chi connectivity index (χ2n) is 19.6. The van der Waals surface area contributed by atoms with Crippen LogP contribution in [-0.2, 0) is 54.6 Å². The van der Waals surface area contributed by atoms with Gasteiger partial charge in [0.2, 0.25) is 11.8 Å². The van der Waals surface area contributed by atoms with Gasteiger partial charge in [-0.15, -0.1) is 0 Å². The summed E-state index contributed by atoms with van der Waals surface area (Å²) >= 11 is 26.3. The van der Waals surface area contributed by atoms with Crippen LogP contribution in [0.1, 0.15) is 113 Å². The molecule has 10 nitrogen and oxygen atoms in total. The van der Waals surface area contributed by atoms with Gasteiger partial charge in [-0.2, -0.15) is 0 Å². The van der Waals surface area contributed by atoms with Crippen LogP contribution in [0.5, 0.6) is 0 Å². The summed E-state index contributed by atoms with van der Waals surface area (Å²) in [5.74, 6) is 2.14. The highest BCUT2D eigenvalue weighted by Crippen LogP contribution is 2.33. The van der Waals surface area contributed by atoms with Crippen molar-refractivity contribution in [1.29, 1.82) is 0 Å². The number of halogens is 4. The van der Waals surface area contributed by atoms with Crippen molar-refractivity contribution in [1.82, 2.24) is 19.6 Å². The number of piperazine rings is 2. The minimum Gasteiger partial charge on any atom is -0.381 e. The van der Waals surface area contributed by atoms with E-state index in [0.717, 1.165) is 113 Å². The largest absolute Gasteiger partial charge is 0.381 e. The molecule has 0 unspecified atom stereocenters. The number of benzene rings is 2. The van der Waals surface area contributed by atoms with Crippen molar-refractivity contribution in [2.24, 2.45) is 23.7 Å². The maximum Gasteiger partial charge on any atom is 0.226 e. The van der Waals surface area contributed by atoms with E-state index in [1.165, 1.54) is 25.7 Å². The number of rotatable bonds is 14. The summed E-state index contributed by atoms with van der Waals surface area (Å²) in [5, 5.41) is 2.50. The van der Waals surface area contributed by atoms with Crippen molar-refractivity contribution in [2.45, 2.75) is 129 Å². The van der Waals surface area contributed by atoms with E-state index in [9.17, 15) is 19.2 Å². The number of ether oxygens (including phenoxy) is 2. The van der Waals surface area contributed by atoms with Gasteiger partial charge in [-0.25, -0.2) is 0 Å². The van der Waals surface area contributed by atoms with E-state index in [4.69, 9.17) is 55.9 Å². The van der Waals surface area contributed by atoms with Crippen LogP contribution in [0.15, 0.2) is 24.3 Å². The zero-order chi connectivity index (χ0) is 45.3. The van der Waals surface area contributed by atoms with Gasteiger partial charge in [0.15, 0.2) is 0 Å². The normalized spacial score (nSPS) is 24.9. The van der Waals surface area contributed by atoms with Crippen molar-refractivity contribution in [2.75, 3.05) is 65.7 Å². The van der Waals surface area contributed by atoms with E-state index in [1.54, 1.807) is 0 Å². The maximum atomic E-state index is 12.9. The van der Waals surface area contributed by atoms with E-state index < -0.39 is 0 Å². The molecule has 0 radical (unpaired) electrons. The van der Waals surface area contributed by atoms with Crippen molar-refractivity contribution >= 4 is 69.8 Å². The third kappa shape index (κ3) is 13.5. The second kappa shape index (κ2) is 23.6. The molecule has 6 aliphatic rings. The van der Waals surface area contributed by atoms with E-state index in [1.807, 2.05) is 24.3 Å². The summed E-state index contributed by atoms with van der Waals surface area (Å²) in [4.78, 5) is 59.7. The second-order valence-corrected chi connectivity index (χ2v) is 21.2. The number of amides is 2. The first-order valence-corrected chi connectivity index (χ1v) is 25.5. The van der Waals surface area contributed by atoms with E-state index in [2.05, 4.69) is 33.4 Å². The molecule has 14 heteroatoms. The van der Waals surface area contributed by atoms with E-state index in [0.29, 0.717) is 95.7 Å². The number of carbonyl (C=O) groups is 4. The van der Waals surface area contributed by atoms with Gasteiger partial charge in [-0.05, 0) is 111 Å². The quantitative estimate of drug-likeness (QED) is 0.185. The molecule has 64 heavy (non-hydrogen) atoms. The predicted molar refractivity (Wildman–Crippen MR) is 254 cm³/mol. The summed E-state index contributed by atoms with van der Waals surface area (Å²) in [6.07, 6.45) is 12.5. The van der Waals surface area contributed by atoms with Crippen molar-refractivity contribution < 1.29 is 28.7 Å². The zero-order valence-corrected chi connectivity index (χ0v) is 40.9. The van der Waals surface area contributed by atoms with E-state index >= 15 is 0 Å². The Labute approximate surface area is 400 Å². The summed E-state index contributed by atoms with van der Waals surface area (Å²) in [7, 11) is 0. The first-order chi connectivity index (χ1) is 30.8. The van der Waals surface area contributed by atoms with Crippen LogP contribution in [-0.4, -0.2) is 121 Å². The number of hydrogen-bond acceptors (Lipinski definition) is 8. The summed E-state index contributed by atoms with van der Waals surface area (Å²) in [5.41, 5.74) is 3.52. The predicted octanol–water partition coefficient (Wildman–Crippen LogP) is 9.51. The zero-order valence-electron chi connectivity index (χ0n) is 37.9. The molecule has 0 aromatic heterocycles. The minimum atomic E-state index is 0.184. The van der Waals surface area contributed by atoms with Crippen LogP contribution in [0.2, 0.25) is 20.1 Å². The molecule has 6 fully saturated rings. The lowest BCUT2D eigenvalue weighted by molar-refractivity contribution is -0.140. The van der Waals surface area contributed by atoms with Gasteiger partial charge >= 0.3 is 0 Å². The van der Waals surface area contributed by atoms with Crippen molar-refractivity contribution in [3.8, 4) is 0 Å². The molecule has 4 atom stereocenters. The Morgan fingerprint density at radius 3 is 1.27 bits per heavy atom. The van der Waals surface area contributed by atoms with Gasteiger partial charge in [0.25, 0.3) is 0 Å². The van der Waals surface area contributed by atoms with Crippen LogP contribution in [0.4, 0.5) is 0 Å². The standard InChI is InChI=1S/2C25H34Cl2N2O3/c2*1-17-14-28(7-8-29(17)25(31)19-4-2-3-5-19)15-21-12-22(26)11-20(24(21)27)13-23(30)10-18-6-9-32-16-18/h2*11-12,17-19H,2-10,13-16H2,1H3/t17-,18+;17-,18-/m00/s1. The Hall–Kier alpha value is -2.28. The Bertz CT molecular complexity index is 1810. The topological polar surface area (TPSA) is 99.7 Å². The molecule has 2 aromatic rings. The number of nitrogens with zero attached hydrogens (tertiary/aromatic N) is 4. The first-order valence-electron chi connectivity index (χ1n) is 24.0. The smallest absolute Gasteiger partial charge is 0.226 e. The number of ketones is 2. The van der Waals surface area contributed by atoms with Crippen LogP contribution in [0.3, 0.4) is 0 Å². The van der Waals surface area contributed by atoms with Gasteiger partial charge in [0, 0.05) is 148 Å². The van der Waals surface area contributed by atoms with Crippen molar-refractivity contribution in [3.05, 3.63) is 66.6 Å². The van der Waals surface area contributed by atoms with Crippen LogP contribution in [0.25, 0.3) is 0 Å². The molecule has 2 aliphatic carbocycles. The lowest BCUT2D eigenvalue weighted by atomic mass is 9.97. The number of hydrogen-bond donors (Lipinski definition) is 0. The summed E-state index contributed by atoms with van der Waals surface area (Å²) in [6.45, 7) is 13.2. The van der Waals surface area contributed by atoms with Gasteiger partial charge in [-0.1, -0.05) is 72.1 Å². The van der Waals surface area contributed by atoms with Gasteiger partial charge < -0.3 is 19.3 Å². The highest BCUT2D eigenvalue weighted by molar-refractivity contribution is 6.35. The SMILES string of the molecule is C[C@H]1CN(Cc2cc(Cl)cc(CC(=O)C[C@@H]3CCOC3)c2Cl)CCN1C(=O)C1CCCC1.C[C@H]1CN(Cc2cc(Cl)cc(CC(=O)C[C@H]3CCOC3)c2Cl)CCN1C(=O)C1CCCC1. The van der Waals surface area contributed by atoms with Crippen LogP contribution >= 0.6 is 46.4 Å². The Morgan fingerprint density at radius 1 is 0.547 bits per heavy atom. The maximum absolute atomic E-state index is 12.9. The lowest BCUT2D eigenvalue weighted by Crippen LogP contribution is -2.54. The molecule has 0 bridgehead atoms. The molecule has 4 aliphatic heterocycles. The fraction of sp³-hybridized carbons (Fsp3) is 0.680. The lowest BCUT2D eigenvalue weighted by Gasteiger charge is -2.41. The van der Waals surface area contributed by atoms with Crippen LogP contribution in [0, 0.1) is 23.7 Å². The Balaban J connectivity index is 0.000000191. The summed E-state index contributed by atoms with van der Waals surface area (Å²) in [6, 6.07) is 7.82. The molecule has 0 N–H and O–H groups in total. The summed E-state index contributed by atoms with van der Waals surface area (Å²) < 4.78 is 10.8. The molecule has 352 valence electrons. The van der Waals surface area contributed by atoms with Crippen molar-refractivity contribution in [3.63, 3.8) is 0 Å². The average molecular weight is 963 g/mol. The third-order valence-electron chi connectivity index (χ3n) is 14.4. The Morgan fingerprint density at radius 2 is 0.922 bits per heavy atom. The Kier molecular flexibility index (Phi) is 18.3. The first kappa shape index (κ1) is 49.6. The number of carbonyl (C=O) groups excluding carboxylic acids is 4. The number of Topliss-reactive ketones (excluding diaryl/α,β-unsaturated/α-hetero) is 2. The molecular formula is C50H68Cl4N4O6. The third-order valence-corrected chi connectivity index (χ3v) is 15.8. The van der Waals surface area contributed by atoms with Gasteiger partial charge in [0.1, 0.15) is 11.6 Å².